The number of imide groups is 1. The highest BCUT2D eigenvalue weighted by atomic mass is 16.3. The van der Waals surface area contributed by atoms with E-state index in [9.17, 15) is 19.5 Å². The van der Waals surface area contributed by atoms with Gasteiger partial charge >= 0.3 is 0 Å². The van der Waals surface area contributed by atoms with Crippen LogP contribution in [0.15, 0.2) is 91.0 Å². The molecule has 1 saturated heterocycles. The van der Waals surface area contributed by atoms with E-state index in [1.807, 2.05) is 6.07 Å². The van der Waals surface area contributed by atoms with Crippen LogP contribution in [0.2, 0.25) is 0 Å². The molecule has 2 aliphatic rings. The summed E-state index contributed by atoms with van der Waals surface area (Å²) >= 11 is 0. The lowest BCUT2D eigenvalue weighted by molar-refractivity contribution is -0.123. The van der Waals surface area contributed by atoms with E-state index >= 15 is 0 Å². The fourth-order valence-corrected chi connectivity index (χ4v) is 4.78. The molecule has 184 valence electrons. The van der Waals surface area contributed by atoms with Crippen molar-refractivity contribution in [3.8, 4) is 6.07 Å². The first kappa shape index (κ1) is 24.1. The van der Waals surface area contributed by atoms with Crippen molar-refractivity contribution >= 4 is 29.0 Å². The van der Waals surface area contributed by atoms with Crippen LogP contribution < -0.4 is 10.3 Å². The molecule has 2 amide bonds. The fourth-order valence-electron chi connectivity index (χ4n) is 4.78. The van der Waals surface area contributed by atoms with Gasteiger partial charge in [0, 0.05) is 11.3 Å². The number of carbonyl (C=O) groups excluding carboxylic acids is 3. The molecule has 5 rings (SSSR count). The van der Waals surface area contributed by atoms with Crippen LogP contribution in [0.25, 0.3) is 0 Å². The van der Waals surface area contributed by atoms with Crippen molar-refractivity contribution in [1.29, 1.82) is 5.26 Å². The average Bonchev–Trinajstić information content (AvgIpc) is 3.19. The second-order valence-corrected chi connectivity index (χ2v) is 9.02. The first-order valence-corrected chi connectivity index (χ1v) is 11.8. The van der Waals surface area contributed by atoms with Crippen molar-refractivity contribution in [3.63, 3.8) is 0 Å². The van der Waals surface area contributed by atoms with Gasteiger partial charge in [-0.25, -0.2) is 9.91 Å². The Morgan fingerprint density at radius 1 is 0.946 bits per heavy atom. The minimum Gasteiger partial charge on any atom is -0.386 e. The van der Waals surface area contributed by atoms with E-state index in [-0.39, 0.29) is 11.7 Å². The lowest BCUT2D eigenvalue weighted by atomic mass is 9.90. The number of ketones is 1. The van der Waals surface area contributed by atoms with Crippen LogP contribution in [0.4, 0.5) is 11.4 Å². The van der Waals surface area contributed by atoms with Gasteiger partial charge in [0.15, 0.2) is 5.78 Å². The van der Waals surface area contributed by atoms with Crippen LogP contribution in [-0.4, -0.2) is 39.8 Å². The molecule has 0 bridgehead atoms. The lowest BCUT2D eigenvalue weighted by Crippen LogP contribution is -2.55. The standard InChI is InChI=1S/C29H24N4O4/c1-18(34)20-9-11-21(12-10-20)27(35)25-16-15-24-26(33(25)31-22-13-7-19(17-30)8-14-22)29(37)32(28(24)36)23-5-3-2-4-6-23/h2-16,24-27,31,35H,1H3. The molecule has 0 spiro atoms. The van der Waals surface area contributed by atoms with E-state index in [0.717, 1.165) is 0 Å². The van der Waals surface area contributed by atoms with Crippen LogP contribution in [0.3, 0.4) is 0 Å². The molecule has 2 aliphatic heterocycles. The predicted molar refractivity (Wildman–Crippen MR) is 137 cm³/mol. The Bertz CT molecular complexity index is 1410. The van der Waals surface area contributed by atoms with E-state index < -0.39 is 30.0 Å². The van der Waals surface area contributed by atoms with Gasteiger partial charge in [0.25, 0.3) is 5.91 Å². The smallest absolute Gasteiger partial charge is 0.254 e. The number of amides is 2. The molecule has 1 fully saturated rings. The summed E-state index contributed by atoms with van der Waals surface area (Å²) in [5.41, 5.74) is 5.85. The quantitative estimate of drug-likeness (QED) is 0.307. The van der Waals surface area contributed by atoms with Crippen LogP contribution in [-0.2, 0) is 9.59 Å². The van der Waals surface area contributed by atoms with E-state index in [4.69, 9.17) is 5.26 Å². The van der Waals surface area contributed by atoms with Crippen molar-refractivity contribution in [3.05, 3.63) is 108 Å². The fraction of sp³-hybridized carbons (Fsp3) is 0.172. The molecular weight excluding hydrogens is 468 g/mol. The van der Waals surface area contributed by atoms with Gasteiger partial charge in [0.2, 0.25) is 5.91 Å². The summed E-state index contributed by atoms with van der Waals surface area (Å²) in [5.74, 6) is -1.58. The Balaban J connectivity index is 1.53. The molecule has 0 saturated carbocycles. The Kier molecular flexibility index (Phi) is 6.40. The van der Waals surface area contributed by atoms with Gasteiger partial charge in [-0.1, -0.05) is 54.6 Å². The second-order valence-electron chi connectivity index (χ2n) is 9.02. The van der Waals surface area contributed by atoms with Gasteiger partial charge in [0.1, 0.15) is 6.04 Å². The molecule has 8 heteroatoms. The highest BCUT2D eigenvalue weighted by molar-refractivity contribution is 6.24. The molecule has 2 N–H and O–H groups in total. The zero-order valence-electron chi connectivity index (χ0n) is 20.0. The third-order valence-corrected chi connectivity index (χ3v) is 6.72. The molecule has 3 aromatic carbocycles. The van der Waals surface area contributed by atoms with E-state index in [2.05, 4.69) is 11.5 Å². The number of benzene rings is 3. The minimum atomic E-state index is -1.07. The van der Waals surface area contributed by atoms with Crippen molar-refractivity contribution < 1.29 is 19.5 Å². The summed E-state index contributed by atoms with van der Waals surface area (Å²) in [6.45, 7) is 1.47. The first-order chi connectivity index (χ1) is 17.9. The zero-order valence-corrected chi connectivity index (χ0v) is 20.0. The number of nitrogens with one attached hydrogen (secondary N) is 1. The molecule has 8 nitrogen and oxygen atoms in total. The maximum atomic E-state index is 13.7. The van der Waals surface area contributed by atoms with E-state index in [1.54, 1.807) is 90.0 Å². The number of hydrogen-bond donors (Lipinski definition) is 2. The molecule has 0 aliphatic carbocycles. The number of carbonyl (C=O) groups is 3. The van der Waals surface area contributed by atoms with Gasteiger partial charge in [-0.15, -0.1) is 0 Å². The number of hydrogen-bond acceptors (Lipinski definition) is 7. The largest absolute Gasteiger partial charge is 0.386 e. The monoisotopic (exact) mass is 492 g/mol. The summed E-state index contributed by atoms with van der Waals surface area (Å²) in [6, 6.07) is 22.5. The number of aliphatic hydroxyl groups excluding tert-OH is 1. The zero-order chi connectivity index (χ0) is 26.1. The number of fused-ring (bicyclic) bond motifs is 1. The van der Waals surface area contributed by atoms with Crippen LogP contribution >= 0.6 is 0 Å². The summed E-state index contributed by atoms with van der Waals surface area (Å²) in [5, 5.41) is 22.1. The second kappa shape index (κ2) is 9.82. The molecule has 2 heterocycles. The maximum absolute atomic E-state index is 13.7. The third kappa shape index (κ3) is 4.42. The minimum absolute atomic E-state index is 0.0818. The summed E-state index contributed by atoms with van der Waals surface area (Å²) in [4.78, 5) is 39.9. The highest BCUT2D eigenvalue weighted by Crippen LogP contribution is 2.38. The van der Waals surface area contributed by atoms with Crippen LogP contribution in [0, 0.1) is 17.2 Å². The van der Waals surface area contributed by atoms with Gasteiger partial charge in [-0.05, 0) is 48.9 Å². The maximum Gasteiger partial charge on any atom is 0.254 e. The van der Waals surface area contributed by atoms with Gasteiger partial charge in [-0.3, -0.25) is 14.4 Å². The van der Waals surface area contributed by atoms with Gasteiger partial charge < -0.3 is 10.5 Å². The summed E-state index contributed by atoms with van der Waals surface area (Å²) < 4.78 is 0. The Morgan fingerprint density at radius 2 is 1.62 bits per heavy atom. The normalized spacial score (nSPS) is 21.9. The summed E-state index contributed by atoms with van der Waals surface area (Å²) in [7, 11) is 0. The number of aliphatic hydroxyl groups is 1. The molecule has 4 unspecified atom stereocenters. The number of para-hydroxylation sites is 1. The third-order valence-electron chi connectivity index (χ3n) is 6.72. The molecule has 4 atom stereocenters. The lowest BCUT2D eigenvalue weighted by Gasteiger charge is -2.40. The van der Waals surface area contributed by atoms with Crippen LogP contribution in [0.1, 0.15) is 34.5 Å². The van der Waals surface area contributed by atoms with Gasteiger partial charge in [-0.2, -0.15) is 5.26 Å². The Morgan fingerprint density at radius 3 is 2.24 bits per heavy atom. The van der Waals surface area contributed by atoms with E-state index in [1.165, 1.54) is 11.8 Å². The van der Waals surface area contributed by atoms with Crippen LogP contribution in [0.5, 0.6) is 0 Å². The number of Topliss-reactive ketones (excluding diaryl/α,β-unsaturated/α-hetero) is 1. The Hall–Kier alpha value is -4.58. The molecule has 0 aromatic heterocycles. The number of nitrogens with zero attached hydrogens (tertiary/aromatic N) is 3. The molecular formula is C29H24N4O4. The molecule has 0 radical (unpaired) electrons. The number of nitriles is 1. The predicted octanol–water partition coefficient (Wildman–Crippen LogP) is 3.62. The van der Waals surface area contributed by atoms with Crippen molar-refractivity contribution in [1.82, 2.24) is 5.01 Å². The van der Waals surface area contributed by atoms with Gasteiger partial charge in [0.05, 0.1) is 35.4 Å². The number of rotatable bonds is 6. The summed E-state index contributed by atoms with van der Waals surface area (Å²) in [6.07, 6.45) is 2.33. The average molecular weight is 493 g/mol. The van der Waals surface area contributed by atoms with E-state index in [0.29, 0.717) is 28.1 Å². The van der Waals surface area contributed by atoms with Crippen molar-refractivity contribution in [2.45, 2.75) is 25.1 Å². The molecule has 37 heavy (non-hydrogen) atoms. The molecule has 3 aromatic rings. The van der Waals surface area contributed by atoms with Crippen molar-refractivity contribution in [2.24, 2.45) is 5.92 Å². The number of hydrazine groups is 1. The highest BCUT2D eigenvalue weighted by Gasteiger charge is 2.54. The topological polar surface area (TPSA) is 114 Å². The van der Waals surface area contributed by atoms with Crippen molar-refractivity contribution in [2.75, 3.05) is 10.3 Å². The Labute approximate surface area is 214 Å². The first-order valence-electron chi connectivity index (χ1n) is 11.8. The number of anilines is 2. The SMILES string of the molecule is CC(=O)c1ccc(C(O)C2C=CC3C(=O)N(c4ccccc4)C(=O)C3N2Nc2ccc(C#N)cc2)cc1.